The van der Waals surface area contributed by atoms with Gasteiger partial charge in [-0.15, -0.1) is 11.8 Å². The van der Waals surface area contributed by atoms with E-state index in [2.05, 4.69) is 119 Å². The molecule has 2 unspecified atom stereocenters. The van der Waals surface area contributed by atoms with Crippen LogP contribution in [0.4, 0.5) is 0 Å². The molecule has 208 valence electrons. The van der Waals surface area contributed by atoms with Gasteiger partial charge in [-0.25, -0.2) is 0 Å². The number of aryl methyl sites for hydroxylation is 1. The molecule has 2 aromatic rings. The van der Waals surface area contributed by atoms with Gasteiger partial charge in [0.1, 0.15) is 6.61 Å². The standard InChI is InChI=1S/C31H41I2NO3S/c1-31(2,3)24-5-4-6-25(19-24)38-21-26-27(32)20-28(33)30(26)23-10-7-22(8-11-23)9-12-29(35)37-18-15-34-13-16-36-17-14-34/h4-8,10-11,19,26-28,30H,9,12-18,20-21H2,1-3H3/t26-,27?,28?,30+/m0/s1. The second-order valence-electron chi connectivity index (χ2n) is 11.5. The van der Waals surface area contributed by atoms with Crippen molar-refractivity contribution in [3.8, 4) is 0 Å². The van der Waals surface area contributed by atoms with Crippen LogP contribution < -0.4 is 0 Å². The van der Waals surface area contributed by atoms with E-state index in [4.69, 9.17) is 9.47 Å². The summed E-state index contributed by atoms with van der Waals surface area (Å²) in [6.07, 6.45) is 2.42. The molecular weight excluding hydrogens is 720 g/mol. The molecule has 2 aromatic carbocycles. The number of esters is 1. The summed E-state index contributed by atoms with van der Waals surface area (Å²) in [6.45, 7) is 11.5. The Morgan fingerprint density at radius 3 is 2.53 bits per heavy atom. The van der Waals surface area contributed by atoms with E-state index in [0.717, 1.165) is 45.0 Å². The first-order valence-corrected chi connectivity index (χ1v) is 17.2. The highest BCUT2D eigenvalue weighted by atomic mass is 127. The number of halogens is 2. The molecule has 0 aromatic heterocycles. The third-order valence-corrected chi connectivity index (χ3v) is 11.5. The number of carbonyl (C=O) groups is 1. The minimum Gasteiger partial charge on any atom is -0.464 e. The van der Waals surface area contributed by atoms with Crippen molar-refractivity contribution in [1.29, 1.82) is 0 Å². The largest absolute Gasteiger partial charge is 0.464 e. The summed E-state index contributed by atoms with van der Waals surface area (Å²) in [5.74, 6) is 2.25. The van der Waals surface area contributed by atoms with Gasteiger partial charge in [-0.1, -0.05) is 102 Å². The minimum atomic E-state index is -0.106. The lowest BCUT2D eigenvalue weighted by atomic mass is 9.87. The van der Waals surface area contributed by atoms with Crippen molar-refractivity contribution in [3.63, 3.8) is 0 Å². The summed E-state index contributed by atoms with van der Waals surface area (Å²) in [7, 11) is 0. The summed E-state index contributed by atoms with van der Waals surface area (Å²) in [4.78, 5) is 15.9. The van der Waals surface area contributed by atoms with E-state index >= 15 is 0 Å². The lowest BCUT2D eigenvalue weighted by molar-refractivity contribution is -0.144. The normalized spacial score (nSPS) is 24.4. The van der Waals surface area contributed by atoms with Gasteiger partial charge in [-0.05, 0) is 53.0 Å². The number of nitrogens with zero attached hydrogens (tertiary/aromatic N) is 1. The van der Waals surface area contributed by atoms with Crippen LogP contribution in [0.2, 0.25) is 0 Å². The Bertz CT molecular complexity index is 1040. The van der Waals surface area contributed by atoms with Crippen molar-refractivity contribution >= 4 is 62.9 Å². The third kappa shape index (κ3) is 8.82. The van der Waals surface area contributed by atoms with E-state index in [1.54, 1.807) is 0 Å². The smallest absolute Gasteiger partial charge is 0.306 e. The average Bonchev–Trinajstić information content (AvgIpc) is 3.19. The van der Waals surface area contributed by atoms with Gasteiger partial charge in [0, 0.05) is 50.5 Å². The molecule has 1 aliphatic carbocycles. The molecule has 2 fully saturated rings. The number of benzene rings is 2. The van der Waals surface area contributed by atoms with E-state index in [1.165, 1.54) is 28.0 Å². The van der Waals surface area contributed by atoms with Gasteiger partial charge >= 0.3 is 5.97 Å². The molecule has 7 heteroatoms. The Hall–Kier alpha value is -0.360. The Balaban J connectivity index is 1.28. The zero-order valence-corrected chi connectivity index (χ0v) is 28.0. The van der Waals surface area contributed by atoms with Gasteiger partial charge in [0.15, 0.2) is 0 Å². The molecule has 4 atom stereocenters. The number of alkyl halides is 2. The SMILES string of the molecule is CC(C)(C)c1cccc(SC[C@H]2C(I)CC(I)[C@@H]2c2ccc(CCC(=O)OCCN3CCOCC3)cc2)c1. The minimum absolute atomic E-state index is 0.106. The van der Waals surface area contributed by atoms with Gasteiger partial charge < -0.3 is 9.47 Å². The van der Waals surface area contributed by atoms with Crippen LogP contribution in [0.25, 0.3) is 0 Å². The number of carbonyl (C=O) groups excluding carboxylic acids is 1. The molecule has 1 saturated carbocycles. The van der Waals surface area contributed by atoms with Crippen molar-refractivity contribution in [2.45, 2.75) is 64.1 Å². The number of rotatable bonds is 10. The zero-order valence-electron chi connectivity index (χ0n) is 22.8. The number of hydrogen-bond donors (Lipinski definition) is 0. The maximum Gasteiger partial charge on any atom is 0.306 e. The highest BCUT2D eigenvalue weighted by Gasteiger charge is 2.41. The Labute approximate surface area is 260 Å². The van der Waals surface area contributed by atoms with Gasteiger partial charge in [0.05, 0.1) is 13.2 Å². The van der Waals surface area contributed by atoms with E-state index < -0.39 is 0 Å². The first-order valence-electron chi connectivity index (χ1n) is 13.8. The number of thioether (sulfide) groups is 1. The molecule has 0 amide bonds. The van der Waals surface area contributed by atoms with Crippen LogP contribution in [-0.4, -0.2) is 63.9 Å². The lowest BCUT2D eigenvalue weighted by Gasteiger charge is -2.26. The van der Waals surface area contributed by atoms with E-state index in [-0.39, 0.29) is 11.4 Å². The highest BCUT2D eigenvalue weighted by molar-refractivity contribution is 14.1. The van der Waals surface area contributed by atoms with E-state index in [1.807, 2.05) is 11.8 Å². The predicted molar refractivity (Wildman–Crippen MR) is 175 cm³/mol. The summed E-state index contributed by atoms with van der Waals surface area (Å²) < 4.78 is 12.2. The number of ether oxygens (including phenoxy) is 2. The quantitative estimate of drug-likeness (QED) is 0.110. The molecule has 1 heterocycles. The van der Waals surface area contributed by atoms with Gasteiger partial charge in [-0.3, -0.25) is 9.69 Å². The average molecular weight is 762 g/mol. The molecule has 2 aliphatic rings. The predicted octanol–water partition coefficient (Wildman–Crippen LogP) is 7.30. The molecular formula is C31H41I2NO3S. The number of morpholine rings is 1. The van der Waals surface area contributed by atoms with Crippen molar-refractivity contribution in [2.75, 3.05) is 45.2 Å². The second-order valence-corrected chi connectivity index (χ2v) is 15.8. The lowest BCUT2D eigenvalue weighted by Crippen LogP contribution is -2.38. The summed E-state index contributed by atoms with van der Waals surface area (Å²) in [6, 6.07) is 18.1. The van der Waals surface area contributed by atoms with Crippen LogP contribution >= 0.6 is 56.9 Å². The van der Waals surface area contributed by atoms with Crippen LogP contribution in [-0.2, 0) is 26.1 Å². The Morgan fingerprint density at radius 1 is 1.08 bits per heavy atom. The van der Waals surface area contributed by atoms with E-state index in [0.29, 0.717) is 32.7 Å². The Kier molecular flexibility index (Phi) is 11.7. The molecule has 0 spiro atoms. The summed E-state index contributed by atoms with van der Waals surface area (Å²) >= 11 is 7.38. The summed E-state index contributed by atoms with van der Waals surface area (Å²) in [5.41, 5.74) is 4.22. The fraction of sp³-hybridized carbons (Fsp3) is 0.581. The molecule has 38 heavy (non-hydrogen) atoms. The fourth-order valence-corrected chi connectivity index (χ4v) is 10.6. The molecule has 1 aliphatic heterocycles. The van der Waals surface area contributed by atoms with E-state index in [9.17, 15) is 4.79 Å². The van der Waals surface area contributed by atoms with Gasteiger partial charge in [0.2, 0.25) is 0 Å². The van der Waals surface area contributed by atoms with Crippen molar-refractivity contribution < 1.29 is 14.3 Å². The molecule has 0 bridgehead atoms. The topological polar surface area (TPSA) is 38.8 Å². The van der Waals surface area contributed by atoms with Crippen LogP contribution in [0.1, 0.15) is 56.2 Å². The van der Waals surface area contributed by atoms with Crippen LogP contribution in [0.3, 0.4) is 0 Å². The van der Waals surface area contributed by atoms with Crippen molar-refractivity contribution in [1.82, 2.24) is 4.90 Å². The maximum absolute atomic E-state index is 12.3. The second kappa shape index (κ2) is 14.5. The van der Waals surface area contributed by atoms with Gasteiger partial charge in [-0.2, -0.15) is 0 Å². The Morgan fingerprint density at radius 2 is 1.82 bits per heavy atom. The summed E-state index contributed by atoms with van der Waals surface area (Å²) in [5, 5.41) is 0. The number of hydrogen-bond acceptors (Lipinski definition) is 5. The molecule has 0 radical (unpaired) electrons. The maximum atomic E-state index is 12.3. The molecule has 4 nitrogen and oxygen atoms in total. The first-order chi connectivity index (χ1) is 18.2. The monoisotopic (exact) mass is 761 g/mol. The highest BCUT2D eigenvalue weighted by Crippen LogP contribution is 2.49. The van der Waals surface area contributed by atoms with Crippen molar-refractivity contribution in [2.24, 2.45) is 5.92 Å². The molecule has 0 N–H and O–H groups in total. The van der Waals surface area contributed by atoms with Crippen LogP contribution in [0, 0.1) is 5.92 Å². The van der Waals surface area contributed by atoms with Gasteiger partial charge in [0.25, 0.3) is 0 Å². The molecule has 1 saturated heterocycles. The van der Waals surface area contributed by atoms with Crippen LogP contribution in [0.15, 0.2) is 53.4 Å². The van der Waals surface area contributed by atoms with Crippen LogP contribution in [0.5, 0.6) is 0 Å². The zero-order chi connectivity index (χ0) is 27.1. The molecule has 4 rings (SSSR count). The van der Waals surface area contributed by atoms with Crippen molar-refractivity contribution in [3.05, 3.63) is 65.2 Å². The first kappa shape index (κ1) is 30.6. The fourth-order valence-electron chi connectivity index (χ4n) is 5.28. The third-order valence-electron chi connectivity index (χ3n) is 7.67.